The molecule has 8 nitrogen and oxygen atoms in total. The van der Waals surface area contributed by atoms with E-state index in [1.54, 1.807) is 17.8 Å². The van der Waals surface area contributed by atoms with E-state index in [1.165, 1.54) is 23.3 Å². The number of amides is 1. The number of carboxylic acid groups (broad SMARTS) is 1. The van der Waals surface area contributed by atoms with Crippen LogP contribution in [0, 0.1) is 6.92 Å². The van der Waals surface area contributed by atoms with Gasteiger partial charge in [-0.05, 0) is 6.92 Å². The van der Waals surface area contributed by atoms with Gasteiger partial charge in [0.2, 0.25) is 0 Å². The number of hydrogen-bond acceptors (Lipinski definition) is 6. The summed E-state index contributed by atoms with van der Waals surface area (Å²) in [7, 11) is 3.33. The van der Waals surface area contributed by atoms with Crippen molar-refractivity contribution in [2.24, 2.45) is 7.05 Å². The number of nitrogens with zero attached hydrogens (tertiary/aromatic N) is 4. The van der Waals surface area contributed by atoms with E-state index in [1.807, 2.05) is 13.2 Å². The Kier molecular flexibility index (Phi) is 4.37. The van der Waals surface area contributed by atoms with Crippen LogP contribution in [0.15, 0.2) is 12.4 Å². The average molecular weight is 350 g/mol. The summed E-state index contributed by atoms with van der Waals surface area (Å²) in [5.41, 5.74) is 1.42. The molecule has 2 unspecified atom stereocenters. The Bertz CT molecular complexity index is 784. The van der Waals surface area contributed by atoms with Crippen LogP contribution in [-0.2, 0) is 16.6 Å². The zero-order valence-electron chi connectivity index (χ0n) is 13.6. The van der Waals surface area contributed by atoms with Crippen LogP contribution in [0.3, 0.4) is 0 Å². The molecule has 1 amide bonds. The lowest BCUT2D eigenvalue weighted by atomic mass is 10.2. The number of likely N-dealkylation sites (tertiary alicyclic amines) is 1. The molecule has 0 aromatic carbocycles. The highest BCUT2D eigenvalue weighted by molar-refractivity contribution is 7.17. The summed E-state index contributed by atoms with van der Waals surface area (Å²) < 4.78 is 6.90. The van der Waals surface area contributed by atoms with Crippen molar-refractivity contribution in [2.75, 3.05) is 13.7 Å². The Labute approximate surface area is 142 Å². The number of thiazole rings is 1. The van der Waals surface area contributed by atoms with Gasteiger partial charge in [0.25, 0.3) is 5.91 Å². The lowest BCUT2D eigenvalue weighted by molar-refractivity contribution is -0.141. The Balaban J connectivity index is 1.89. The van der Waals surface area contributed by atoms with E-state index >= 15 is 0 Å². The van der Waals surface area contributed by atoms with E-state index in [-0.39, 0.29) is 18.6 Å². The lowest BCUT2D eigenvalue weighted by Crippen LogP contribution is -2.40. The predicted octanol–water partition coefficient (Wildman–Crippen LogP) is 1.17. The number of rotatable bonds is 4. The van der Waals surface area contributed by atoms with Crippen LogP contribution in [-0.4, -0.2) is 62.4 Å². The van der Waals surface area contributed by atoms with E-state index in [2.05, 4.69) is 10.1 Å². The maximum absolute atomic E-state index is 12.9. The molecule has 1 aliphatic rings. The van der Waals surface area contributed by atoms with Crippen molar-refractivity contribution in [1.29, 1.82) is 0 Å². The number of carboxylic acids is 1. The number of aryl methyl sites for hydroxylation is 2. The molecule has 0 saturated carbocycles. The second-order valence-electron chi connectivity index (χ2n) is 5.74. The summed E-state index contributed by atoms with van der Waals surface area (Å²) in [5.74, 6) is -1.33. The quantitative estimate of drug-likeness (QED) is 0.889. The van der Waals surface area contributed by atoms with Gasteiger partial charge in [-0.2, -0.15) is 5.10 Å². The Hall–Kier alpha value is -2.26. The topological polar surface area (TPSA) is 97.5 Å². The molecule has 0 spiro atoms. The molecule has 0 bridgehead atoms. The molecule has 2 atom stereocenters. The van der Waals surface area contributed by atoms with Crippen molar-refractivity contribution >= 4 is 23.2 Å². The zero-order valence-corrected chi connectivity index (χ0v) is 14.4. The molecule has 1 aliphatic heterocycles. The fraction of sp³-hybridized carbons (Fsp3) is 0.467. The highest BCUT2D eigenvalue weighted by atomic mass is 32.1. The van der Waals surface area contributed by atoms with Gasteiger partial charge >= 0.3 is 5.97 Å². The molecular formula is C15H18N4O4S. The third kappa shape index (κ3) is 2.92. The van der Waals surface area contributed by atoms with Crippen LogP contribution < -0.4 is 0 Å². The first-order valence-electron chi connectivity index (χ1n) is 7.43. The first-order chi connectivity index (χ1) is 11.4. The molecule has 1 saturated heterocycles. The summed E-state index contributed by atoms with van der Waals surface area (Å²) in [6, 6.07) is -0.870. The zero-order chi connectivity index (χ0) is 17.4. The highest BCUT2D eigenvalue weighted by Gasteiger charge is 2.41. The van der Waals surface area contributed by atoms with Crippen LogP contribution >= 0.6 is 11.3 Å². The van der Waals surface area contributed by atoms with Gasteiger partial charge in [0.15, 0.2) is 0 Å². The summed E-state index contributed by atoms with van der Waals surface area (Å²) >= 11 is 1.25. The molecule has 3 heterocycles. The van der Waals surface area contributed by atoms with Crippen molar-refractivity contribution in [1.82, 2.24) is 19.7 Å². The van der Waals surface area contributed by atoms with Gasteiger partial charge in [-0.3, -0.25) is 9.48 Å². The maximum Gasteiger partial charge on any atom is 0.326 e. The molecule has 1 fully saturated rings. The second kappa shape index (κ2) is 6.33. The maximum atomic E-state index is 12.9. The molecule has 3 rings (SSSR count). The van der Waals surface area contributed by atoms with E-state index in [0.29, 0.717) is 22.0 Å². The smallest absolute Gasteiger partial charge is 0.326 e. The van der Waals surface area contributed by atoms with Gasteiger partial charge in [0, 0.05) is 38.9 Å². The lowest BCUT2D eigenvalue weighted by Gasteiger charge is -2.20. The Morgan fingerprint density at radius 1 is 1.46 bits per heavy atom. The number of aromatic nitrogens is 3. The van der Waals surface area contributed by atoms with Crippen LogP contribution in [0.4, 0.5) is 0 Å². The standard InChI is InChI=1S/C15H18N4O4S/c1-8-12(24-13(17-8)9-5-16-18(2)6-9)14(20)19-7-10(23-3)4-11(19)15(21)22/h5-6,10-11H,4,7H2,1-3H3,(H,21,22). The minimum absolute atomic E-state index is 0.263. The summed E-state index contributed by atoms with van der Waals surface area (Å²) in [6.45, 7) is 2.02. The molecule has 2 aromatic rings. The fourth-order valence-corrected chi connectivity index (χ4v) is 3.80. The predicted molar refractivity (Wildman–Crippen MR) is 86.9 cm³/mol. The van der Waals surface area contributed by atoms with Gasteiger partial charge in [-0.15, -0.1) is 11.3 Å². The molecular weight excluding hydrogens is 332 g/mol. The van der Waals surface area contributed by atoms with Gasteiger partial charge in [0.1, 0.15) is 15.9 Å². The molecule has 9 heteroatoms. The number of carbonyl (C=O) groups excluding carboxylic acids is 1. The van der Waals surface area contributed by atoms with Gasteiger partial charge in [0.05, 0.1) is 18.0 Å². The largest absolute Gasteiger partial charge is 0.480 e. The van der Waals surface area contributed by atoms with Crippen molar-refractivity contribution in [3.05, 3.63) is 23.0 Å². The average Bonchev–Trinajstić information content (AvgIpc) is 3.24. The number of hydrogen-bond donors (Lipinski definition) is 1. The first kappa shape index (κ1) is 16.6. The Morgan fingerprint density at radius 3 is 2.79 bits per heavy atom. The number of ether oxygens (including phenoxy) is 1. The monoisotopic (exact) mass is 350 g/mol. The number of aliphatic carboxylic acids is 1. The van der Waals surface area contributed by atoms with E-state index < -0.39 is 12.0 Å². The van der Waals surface area contributed by atoms with Crippen molar-refractivity contribution < 1.29 is 19.4 Å². The fourth-order valence-electron chi connectivity index (χ4n) is 2.81. The van der Waals surface area contributed by atoms with Crippen LogP contribution in [0.5, 0.6) is 0 Å². The van der Waals surface area contributed by atoms with Crippen molar-refractivity contribution in [3.63, 3.8) is 0 Å². The molecule has 128 valence electrons. The first-order valence-corrected chi connectivity index (χ1v) is 8.25. The molecule has 0 aliphatic carbocycles. The summed E-state index contributed by atoms with van der Waals surface area (Å²) in [5, 5.41) is 14.2. The Morgan fingerprint density at radius 2 is 2.21 bits per heavy atom. The van der Waals surface area contributed by atoms with Gasteiger partial charge < -0.3 is 14.7 Å². The molecule has 24 heavy (non-hydrogen) atoms. The third-order valence-electron chi connectivity index (χ3n) is 4.08. The number of methoxy groups -OCH3 is 1. The SMILES string of the molecule is COC1CC(C(=O)O)N(C(=O)c2sc(-c3cnn(C)c3)nc2C)C1. The van der Waals surface area contributed by atoms with Gasteiger partial charge in [-0.1, -0.05) is 0 Å². The van der Waals surface area contributed by atoms with Crippen molar-refractivity contribution in [3.8, 4) is 10.6 Å². The van der Waals surface area contributed by atoms with E-state index in [0.717, 1.165) is 5.56 Å². The molecule has 1 N–H and O–H groups in total. The third-order valence-corrected chi connectivity index (χ3v) is 5.28. The second-order valence-corrected chi connectivity index (χ2v) is 6.74. The van der Waals surface area contributed by atoms with Gasteiger partial charge in [-0.25, -0.2) is 9.78 Å². The van der Waals surface area contributed by atoms with Crippen LogP contribution in [0.1, 0.15) is 21.8 Å². The van der Waals surface area contributed by atoms with Crippen LogP contribution in [0.25, 0.3) is 10.6 Å². The van der Waals surface area contributed by atoms with Crippen LogP contribution in [0.2, 0.25) is 0 Å². The van der Waals surface area contributed by atoms with E-state index in [4.69, 9.17) is 4.74 Å². The summed E-state index contributed by atoms with van der Waals surface area (Å²) in [4.78, 5) is 30.6. The minimum atomic E-state index is -1.02. The molecule has 2 aromatic heterocycles. The number of carbonyl (C=O) groups is 2. The summed E-state index contributed by atoms with van der Waals surface area (Å²) in [6.07, 6.45) is 3.54. The highest BCUT2D eigenvalue weighted by Crippen LogP contribution is 2.31. The molecule has 0 radical (unpaired) electrons. The normalized spacial score (nSPS) is 20.5. The minimum Gasteiger partial charge on any atom is -0.480 e. The van der Waals surface area contributed by atoms with E-state index in [9.17, 15) is 14.7 Å². The van der Waals surface area contributed by atoms with Crippen molar-refractivity contribution in [2.45, 2.75) is 25.5 Å².